The van der Waals surface area contributed by atoms with E-state index in [2.05, 4.69) is 138 Å². The second-order valence-corrected chi connectivity index (χ2v) is 11.0. The molecule has 1 heteroatoms. The monoisotopic (exact) mass is 530 g/mol. The predicted octanol–water partition coefficient (Wildman–Crippen LogP) is 11.7. The van der Waals surface area contributed by atoms with Crippen LogP contribution in [0.5, 0.6) is 0 Å². The maximum Gasteiger partial charge on any atom is 0.122 e. The largest absolute Gasteiger partial charge is 0.207 e. The lowest BCUT2D eigenvalue weighted by Gasteiger charge is -2.09. The van der Waals surface area contributed by atoms with Crippen LogP contribution in [0.1, 0.15) is 48.1 Å². The Hall–Kier alpha value is -3.97. The van der Waals surface area contributed by atoms with Crippen molar-refractivity contribution in [2.75, 3.05) is 0 Å². The number of halogens is 1. The molecule has 1 aliphatic carbocycles. The summed E-state index contributed by atoms with van der Waals surface area (Å²) in [6.07, 6.45) is 4.61. The molecule has 0 amide bonds. The lowest BCUT2D eigenvalue weighted by atomic mass is 9.99. The van der Waals surface area contributed by atoms with Crippen LogP contribution < -0.4 is 0 Å². The zero-order valence-corrected chi connectivity index (χ0v) is 25.1. The highest BCUT2D eigenvalue weighted by molar-refractivity contribution is 5.84. The molecule has 0 saturated carbocycles. The maximum atomic E-state index is 12.6. The van der Waals surface area contributed by atoms with Crippen molar-refractivity contribution in [2.45, 2.75) is 54.9 Å². The quantitative estimate of drug-likeness (QED) is 0.187. The topological polar surface area (TPSA) is 0 Å². The fourth-order valence-corrected chi connectivity index (χ4v) is 4.34. The summed E-state index contributed by atoms with van der Waals surface area (Å²) < 4.78 is 12.6. The van der Waals surface area contributed by atoms with Gasteiger partial charge in [-0.15, -0.1) is 0 Å². The highest BCUT2D eigenvalue weighted by Crippen LogP contribution is 2.22. The lowest BCUT2D eigenvalue weighted by molar-refractivity contribution is 0.600. The number of hydrogen-bond acceptors (Lipinski definition) is 0. The molecule has 1 aliphatic rings. The van der Waals surface area contributed by atoms with Crippen LogP contribution in [0.4, 0.5) is 4.39 Å². The van der Waals surface area contributed by atoms with Gasteiger partial charge in [0, 0.05) is 0 Å². The molecule has 0 radical (unpaired) electrons. The van der Waals surface area contributed by atoms with E-state index >= 15 is 0 Å². The van der Waals surface area contributed by atoms with E-state index in [1.54, 1.807) is 13.0 Å². The first kappa shape index (κ1) is 30.6. The smallest absolute Gasteiger partial charge is 0.122 e. The van der Waals surface area contributed by atoms with Gasteiger partial charge in [0.15, 0.2) is 0 Å². The van der Waals surface area contributed by atoms with Crippen LogP contribution >= 0.6 is 0 Å². The Morgan fingerprint density at radius 1 is 0.500 bits per heavy atom. The number of benzene rings is 5. The molecule has 0 heterocycles. The van der Waals surface area contributed by atoms with Gasteiger partial charge in [-0.05, 0) is 87.1 Å². The van der Waals surface area contributed by atoms with Gasteiger partial charge in [0.25, 0.3) is 0 Å². The molecule has 0 aromatic heterocycles. The van der Waals surface area contributed by atoms with Crippen molar-refractivity contribution < 1.29 is 4.39 Å². The molecule has 1 atom stereocenters. The zero-order chi connectivity index (χ0) is 29.1. The van der Waals surface area contributed by atoms with Crippen LogP contribution in [0.25, 0.3) is 21.5 Å². The van der Waals surface area contributed by atoms with E-state index in [1.807, 2.05) is 13.0 Å². The molecular weight excluding hydrogens is 487 g/mol. The summed E-state index contributed by atoms with van der Waals surface area (Å²) in [5, 5.41) is 5.31. The van der Waals surface area contributed by atoms with E-state index in [9.17, 15) is 4.39 Å². The Labute approximate surface area is 240 Å². The number of fused-ring (bicyclic) bond motifs is 2. The molecule has 0 N–H and O–H groups in total. The molecule has 206 valence electrons. The summed E-state index contributed by atoms with van der Waals surface area (Å²) in [4.78, 5) is 0. The fraction of sp³-hybridized carbons (Fsp3) is 0.231. The van der Waals surface area contributed by atoms with Crippen molar-refractivity contribution in [3.05, 3.63) is 154 Å². The van der Waals surface area contributed by atoms with E-state index < -0.39 is 0 Å². The van der Waals surface area contributed by atoms with Crippen molar-refractivity contribution in [1.82, 2.24) is 0 Å². The summed E-state index contributed by atoms with van der Waals surface area (Å²) >= 11 is 0. The minimum Gasteiger partial charge on any atom is -0.207 e. The van der Waals surface area contributed by atoms with E-state index in [-0.39, 0.29) is 5.83 Å². The minimum atomic E-state index is -0.0475. The number of rotatable bonds is 0. The Kier molecular flexibility index (Phi) is 11.5. The first-order valence-electron chi connectivity index (χ1n) is 14.1. The summed E-state index contributed by atoms with van der Waals surface area (Å²) in [7, 11) is 0. The highest BCUT2D eigenvalue weighted by atomic mass is 19.1. The third kappa shape index (κ3) is 9.97. The van der Waals surface area contributed by atoms with Gasteiger partial charge in [0.1, 0.15) is 5.83 Å². The van der Waals surface area contributed by atoms with Crippen molar-refractivity contribution in [3.63, 3.8) is 0 Å². The third-order valence-electron chi connectivity index (χ3n) is 6.88. The Balaban J connectivity index is 0.000000149. The second-order valence-electron chi connectivity index (χ2n) is 11.0. The lowest BCUT2D eigenvalue weighted by Crippen LogP contribution is -1.95. The number of hydrogen-bond donors (Lipinski definition) is 0. The van der Waals surface area contributed by atoms with Crippen LogP contribution in [-0.4, -0.2) is 0 Å². The van der Waals surface area contributed by atoms with Gasteiger partial charge in [-0.25, -0.2) is 4.39 Å². The third-order valence-corrected chi connectivity index (χ3v) is 6.88. The Morgan fingerprint density at radius 2 is 0.875 bits per heavy atom. The van der Waals surface area contributed by atoms with E-state index in [4.69, 9.17) is 0 Å². The summed E-state index contributed by atoms with van der Waals surface area (Å²) in [5.74, 6) is 0.336. The number of allylic oxidation sites excluding steroid dienone is 4. The van der Waals surface area contributed by atoms with Crippen molar-refractivity contribution in [1.29, 1.82) is 0 Å². The van der Waals surface area contributed by atoms with Gasteiger partial charge in [-0.2, -0.15) is 0 Å². The van der Waals surface area contributed by atoms with Crippen LogP contribution in [0.3, 0.4) is 0 Å². The number of aryl methyl sites for hydroxylation is 5. The molecule has 5 aromatic carbocycles. The Morgan fingerprint density at radius 3 is 1.30 bits per heavy atom. The molecule has 0 aliphatic heterocycles. The van der Waals surface area contributed by atoms with Gasteiger partial charge < -0.3 is 0 Å². The normalized spacial score (nSPS) is 13.9. The van der Waals surface area contributed by atoms with Crippen LogP contribution in [0, 0.1) is 40.5 Å². The molecule has 0 spiro atoms. The van der Waals surface area contributed by atoms with Gasteiger partial charge in [0.2, 0.25) is 0 Å². The SMILES string of the molecule is CC1=CCC(C)C=C1F.Cc1ccc(C)cc1.Cc1ccc2cc(C)ccc2c1.Cc1ccc2ccccc2c1. The van der Waals surface area contributed by atoms with Crippen LogP contribution in [0.15, 0.2) is 127 Å². The molecule has 6 rings (SSSR count). The molecule has 5 aromatic rings. The second kappa shape index (κ2) is 15.0. The van der Waals surface area contributed by atoms with Gasteiger partial charge >= 0.3 is 0 Å². The van der Waals surface area contributed by atoms with Gasteiger partial charge in [-0.3, -0.25) is 0 Å². The first-order valence-corrected chi connectivity index (χ1v) is 14.1. The minimum absolute atomic E-state index is 0.0475. The van der Waals surface area contributed by atoms with Crippen molar-refractivity contribution >= 4 is 21.5 Å². The van der Waals surface area contributed by atoms with Crippen LogP contribution in [0.2, 0.25) is 0 Å². The van der Waals surface area contributed by atoms with Crippen molar-refractivity contribution in [2.24, 2.45) is 5.92 Å². The van der Waals surface area contributed by atoms with Gasteiger partial charge in [0.05, 0.1) is 0 Å². The molecular formula is C39H43F. The van der Waals surface area contributed by atoms with Crippen molar-refractivity contribution in [3.8, 4) is 0 Å². The molecule has 1 unspecified atom stereocenters. The molecule has 0 bridgehead atoms. The first-order chi connectivity index (χ1) is 19.1. The molecule has 40 heavy (non-hydrogen) atoms. The van der Waals surface area contributed by atoms with E-state index in [0.29, 0.717) is 5.92 Å². The predicted molar refractivity (Wildman–Crippen MR) is 175 cm³/mol. The van der Waals surface area contributed by atoms with Crippen LogP contribution in [-0.2, 0) is 0 Å². The standard InChI is InChI=1S/C12H12.C11H10.C8H11F.C8H10/c1-9-3-5-12-8-10(2)4-6-11(12)7-9;1-9-6-7-10-4-2-3-5-11(10)8-9;1-6-3-4-7(2)8(9)5-6;1-7-3-5-8(2)6-4-7/h3-8H,1-2H3;2-8H,1H3;4-6H,3H2,1-2H3;3-6H,1-2H3. The summed E-state index contributed by atoms with van der Waals surface area (Å²) in [5.41, 5.74) is 7.42. The maximum absolute atomic E-state index is 12.6. The van der Waals surface area contributed by atoms with E-state index in [1.165, 1.54) is 49.4 Å². The average molecular weight is 531 g/mol. The fourth-order valence-electron chi connectivity index (χ4n) is 4.34. The summed E-state index contributed by atoms with van der Waals surface area (Å²) in [6, 6.07) is 36.5. The van der Waals surface area contributed by atoms with Gasteiger partial charge in [-0.1, -0.05) is 144 Å². The molecule has 0 saturated heterocycles. The van der Waals surface area contributed by atoms with E-state index in [0.717, 1.165) is 12.0 Å². The summed E-state index contributed by atoms with van der Waals surface area (Å²) in [6.45, 7) is 14.4. The average Bonchev–Trinajstić information content (AvgIpc) is 2.94. The highest BCUT2D eigenvalue weighted by Gasteiger charge is 2.07. The Bertz CT molecular complexity index is 1520. The zero-order valence-electron chi connectivity index (χ0n) is 25.1. The molecule has 0 fully saturated rings. The molecule has 0 nitrogen and oxygen atoms in total.